The quantitative estimate of drug-likeness (QED) is 0.189. The normalized spacial score (nSPS) is 14.0. The summed E-state index contributed by atoms with van der Waals surface area (Å²) in [4.78, 5) is 57.5. The van der Waals surface area contributed by atoms with Crippen LogP contribution in [0.3, 0.4) is 0 Å². The van der Waals surface area contributed by atoms with Crippen molar-refractivity contribution in [3.8, 4) is 0 Å². The predicted octanol–water partition coefficient (Wildman–Crippen LogP) is -2.46. The third-order valence-corrected chi connectivity index (χ3v) is 3.61. The topological polar surface area (TPSA) is 188 Å². The van der Waals surface area contributed by atoms with Gasteiger partial charge in [0.2, 0.25) is 17.7 Å². The van der Waals surface area contributed by atoms with Crippen molar-refractivity contribution in [2.45, 2.75) is 38.4 Å². The maximum atomic E-state index is 12.2. The van der Waals surface area contributed by atoms with Crippen LogP contribution < -0.4 is 21.7 Å². The molecule has 148 valence electrons. The van der Waals surface area contributed by atoms with Crippen LogP contribution in [0.4, 0.5) is 0 Å². The van der Waals surface area contributed by atoms with Crippen molar-refractivity contribution < 1.29 is 34.2 Å². The minimum Gasteiger partial charge on any atom is -0.481 e. The first-order chi connectivity index (χ1) is 12.0. The van der Waals surface area contributed by atoms with Gasteiger partial charge in [-0.1, -0.05) is 13.8 Å². The maximum Gasteiger partial charge on any atom is 0.326 e. The molecule has 0 aromatic carbocycles. The third kappa shape index (κ3) is 8.67. The molecule has 11 nitrogen and oxygen atoms in total. The number of rotatable bonds is 11. The SMILES string of the molecule is CC(C)C(NC(=O)C(CC(=O)O)NC(=O)CNC(=O)C(N)CS)C(=O)O. The summed E-state index contributed by atoms with van der Waals surface area (Å²) in [6.45, 7) is 2.59. The molecule has 3 unspecified atom stereocenters. The van der Waals surface area contributed by atoms with Crippen LogP contribution in [-0.2, 0) is 24.0 Å². The van der Waals surface area contributed by atoms with Gasteiger partial charge < -0.3 is 31.9 Å². The molecule has 0 rings (SSSR count). The molecule has 0 saturated carbocycles. The Morgan fingerprint density at radius 2 is 1.62 bits per heavy atom. The van der Waals surface area contributed by atoms with Gasteiger partial charge in [-0.3, -0.25) is 19.2 Å². The van der Waals surface area contributed by atoms with E-state index >= 15 is 0 Å². The second kappa shape index (κ2) is 11.3. The summed E-state index contributed by atoms with van der Waals surface area (Å²) in [6, 6.07) is -3.67. The molecule has 0 aliphatic rings. The molecule has 0 radical (unpaired) electrons. The number of thiol groups is 1. The van der Waals surface area contributed by atoms with E-state index in [0.29, 0.717) is 0 Å². The second-order valence-electron chi connectivity index (χ2n) is 5.79. The number of amides is 3. The average molecular weight is 392 g/mol. The Kier molecular flexibility index (Phi) is 10.3. The number of carbonyl (C=O) groups is 5. The van der Waals surface area contributed by atoms with Crippen LogP contribution in [0, 0.1) is 5.92 Å². The fourth-order valence-electron chi connectivity index (χ4n) is 1.78. The van der Waals surface area contributed by atoms with Crippen molar-refractivity contribution in [2.24, 2.45) is 11.7 Å². The van der Waals surface area contributed by atoms with E-state index in [2.05, 4.69) is 28.6 Å². The van der Waals surface area contributed by atoms with Crippen molar-refractivity contribution in [3.05, 3.63) is 0 Å². The number of aliphatic carboxylic acids is 2. The zero-order valence-electron chi connectivity index (χ0n) is 14.4. The number of nitrogens with one attached hydrogen (secondary N) is 3. The van der Waals surface area contributed by atoms with E-state index in [-0.39, 0.29) is 5.75 Å². The van der Waals surface area contributed by atoms with Crippen molar-refractivity contribution in [1.82, 2.24) is 16.0 Å². The van der Waals surface area contributed by atoms with Crippen LogP contribution in [0.5, 0.6) is 0 Å². The summed E-state index contributed by atoms with van der Waals surface area (Å²) in [5, 5.41) is 24.5. The van der Waals surface area contributed by atoms with Crippen LogP contribution in [-0.4, -0.2) is 70.3 Å². The Balaban J connectivity index is 4.90. The smallest absolute Gasteiger partial charge is 0.326 e. The molecule has 0 heterocycles. The highest BCUT2D eigenvalue weighted by Gasteiger charge is 2.29. The Bertz CT molecular complexity index is 555. The Morgan fingerprint density at radius 3 is 2.04 bits per heavy atom. The van der Waals surface area contributed by atoms with Gasteiger partial charge >= 0.3 is 11.9 Å². The molecular weight excluding hydrogens is 368 g/mol. The molecule has 12 heteroatoms. The molecule has 26 heavy (non-hydrogen) atoms. The number of hydrogen-bond donors (Lipinski definition) is 7. The molecule has 3 amide bonds. The molecular formula is C14H24N4O7S. The fourth-order valence-corrected chi connectivity index (χ4v) is 1.94. The van der Waals surface area contributed by atoms with E-state index in [0.717, 1.165) is 0 Å². The molecule has 0 bridgehead atoms. The first-order valence-corrected chi connectivity index (χ1v) is 8.31. The van der Waals surface area contributed by atoms with Crippen LogP contribution >= 0.6 is 12.6 Å². The highest BCUT2D eigenvalue weighted by Crippen LogP contribution is 2.03. The van der Waals surface area contributed by atoms with Crippen molar-refractivity contribution in [1.29, 1.82) is 0 Å². The molecule has 7 N–H and O–H groups in total. The van der Waals surface area contributed by atoms with E-state index in [1.165, 1.54) is 0 Å². The number of nitrogens with two attached hydrogens (primary N) is 1. The first kappa shape index (κ1) is 23.7. The summed E-state index contributed by atoms with van der Waals surface area (Å²) in [5.74, 6) is -5.49. The van der Waals surface area contributed by atoms with Gasteiger partial charge in [-0.15, -0.1) is 0 Å². The predicted molar refractivity (Wildman–Crippen MR) is 93.4 cm³/mol. The Hall–Kier alpha value is -2.34. The zero-order chi connectivity index (χ0) is 20.4. The average Bonchev–Trinajstić information content (AvgIpc) is 2.54. The molecule has 0 spiro atoms. The number of carboxylic acids is 2. The molecule has 0 aliphatic heterocycles. The standard InChI is InChI=1S/C14H24N4O7S/c1-6(2)11(14(24)25)18-13(23)8(3-10(20)21)17-9(19)4-16-12(22)7(15)5-26/h6-8,11,26H,3-5,15H2,1-2H3,(H,16,22)(H,17,19)(H,18,23)(H,20,21)(H,24,25). The molecule has 0 aromatic heterocycles. The molecule has 0 aliphatic carbocycles. The lowest BCUT2D eigenvalue weighted by molar-refractivity contribution is -0.144. The van der Waals surface area contributed by atoms with E-state index < -0.39 is 66.7 Å². The largest absolute Gasteiger partial charge is 0.481 e. The van der Waals surface area contributed by atoms with Gasteiger partial charge in [0.1, 0.15) is 12.1 Å². The van der Waals surface area contributed by atoms with Crippen LogP contribution in [0.1, 0.15) is 20.3 Å². The third-order valence-electron chi connectivity index (χ3n) is 3.22. The van der Waals surface area contributed by atoms with Gasteiger partial charge in [0.05, 0.1) is 19.0 Å². The molecule has 3 atom stereocenters. The summed E-state index contributed by atoms with van der Waals surface area (Å²) in [6.07, 6.45) is -0.758. The van der Waals surface area contributed by atoms with Gasteiger partial charge in [0.25, 0.3) is 0 Å². The summed E-state index contributed by atoms with van der Waals surface area (Å²) >= 11 is 3.83. The number of carbonyl (C=O) groups excluding carboxylic acids is 3. The van der Waals surface area contributed by atoms with Crippen molar-refractivity contribution in [3.63, 3.8) is 0 Å². The highest BCUT2D eigenvalue weighted by molar-refractivity contribution is 7.80. The fraction of sp³-hybridized carbons (Fsp3) is 0.643. The summed E-state index contributed by atoms with van der Waals surface area (Å²) in [7, 11) is 0. The molecule has 0 saturated heterocycles. The lowest BCUT2D eigenvalue weighted by Gasteiger charge is -2.22. The number of hydrogen-bond acceptors (Lipinski definition) is 7. The second-order valence-corrected chi connectivity index (χ2v) is 6.16. The van der Waals surface area contributed by atoms with Gasteiger partial charge in [-0.05, 0) is 5.92 Å². The Labute approximate surface area is 155 Å². The van der Waals surface area contributed by atoms with E-state index in [9.17, 15) is 24.0 Å². The van der Waals surface area contributed by atoms with Crippen LogP contribution in [0.2, 0.25) is 0 Å². The zero-order valence-corrected chi connectivity index (χ0v) is 15.3. The minimum atomic E-state index is -1.50. The van der Waals surface area contributed by atoms with Crippen molar-refractivity contribution >= 4 is 42.3 Å². The lowest BCUT2D eigenvalue weighted by atomic mass is 10.0. The van der Waals surface area contributed by atoms with Crippen molar-refractivity contribution in [2.75, 3.05) is 12.3 Å². The summed E-state index contributed by atoms with van der Waals surface area (Å²) in [5.41, 5.74) is 5.41. The van der Waals surface area contributed by atoms with Gasteiger partial charge in [-0.2, -0.15) is 12.6 Å². The summed E-state index contributed by atoms with van der Waals surface area (Å²) < 4.78 is 0. The highest BCUT2D eigenvalue weighted by atomic mass is 32.1. The lowest BCUT2D eigenvalue weighted by Crippen LogP contribution is -2.55. The Morgan fingerprint density at radius 1 is 1.04 bits per heavy atom. The van der Waals surface area contributed by atoms with Gasteiger partial charge in [0.15, 0.2) is 0 Å². The van der Waals surface area contributed by atoms with E-state index in [1.807, 2.05) is 0 Å². The van der Waals surface area contributed by atoms with Crippen LogP contribution in [0.15, 0.2) is 0 Å². The molecule has 0 fully saturated rings. The maximum absolute atomic E-state index is 12.2. The first-order valence-electron chi connectivity index (χ1n) is 7.68. The monoisotopic (exact) mass is 392 g/mol. The number of carboxylic acid groups (broad SMARTS) is 2. The van der Waals surface area contributed by atoms with E-state index in [4.69, 9.17) is 15.9 Å². The van der Waals surface area contributed by atoms with Crippen LogP contribution in [0.25, 0.3) is 0 Å². The van der Waals surface area contributed by atoms with E-state index in [1.54, 1.807) is 13.8 Å². The van der Waals surface area contributed by atoms with Gasteiger partial charge in [-0.25, -0.2) is 4.79 Å². The van der Waals surface area contributed by atoms with Gasteiger partial charge in [0, 0.05) is 5.75 Å². The molecule has 0 aromatic rings. The minimum absolute atomic E-state index is 0.0588.